The zero-order valence-corrected chi connectivity index (χ0v) is 18.4. The van der Waals surface area contributed by atoms with Crippen LogP contribution in [0.15, 0.2) is 60.7 Å². The van der Waals surface area contributed by atoms with Gasteiger partial charge in [-0.1, -0.05) is 0 Å². The van der Waals surface area contributed by atoms with E-state index in [2.05, 4.69) is 37.1 Å². The Morgan fingerprint density at radius 3 is 2.26 bits per heavy atom. The van der Waals surface area contributed by atoms with Crippen molar-refractivity contribution in [2.24, 2.45) is 0 Å². The molecule has 2 aromatic carbocycles. The normalized spacial score (nSPS) is 19.4. The van der Waals surface area contributed by atoms with Crippen molar-refractivity contribution in [3.05, 3.63) is 60.7 Å². The molecule has 2 atom stereocenters. The average Bonchev–Trinajstić information content (AvgIpc) is 2.64. The van der Waals surface area contributed by atoms with Crippen molar-refractivity contribution in [1.29, 1.82) is 0 Å². The van der Waals surface area contributed by atoms with Gasteiger partial charge in [0.05, 0.1) is 0 Å². The second-order valence-corrected chi connectivity index (χ2v) is 14.7. The van der Waals surface area contributed by atoms with E-state index in [0.29, 0.717) is 5.75 Å². The van der Waals surface area contributed by atoms with Gasteiger partial charge in [-0.15, -0.1) is 0 Å². The number of nitrogens with zero attached hydrogens (tertiary/aromatic N) is 1. The van der Waals surface area contributed by atoms with E-state index in [1.165, 1.54) is 4.46 Å². The Kier molecular flexibility index (Phi) is 6.04. The molecule has 0 aliphatic carbocycles. The summed E-state index contributed by atoms with van der Waals surface area (Å²) in [6, 6.07) is 18.9. The van der Waals surface area contributed by atoms with Gasteiger partial charge in [-0.2, -0.15) is 0 Å². The number of carbonyl (C=O) groups excluding carboxylic acids is 2. The monoisotopic (exact) mass is 448 g/mol. The summed E-state index contributed by atoms with van der Waals surface area (Å²) in [6.45, 7) is 6.40. The number of ether oxygens (including phenoxy) is 1. The van der Waals surface area contributed by atoms with E-state index in [9.17, 15) is 9.59 Å². The number of β-lactam (4-membered cyclic amide) rings is 1. The molecule has 0 spiro atoms. The Bertz CT molecular complexity index is 796. The van der Waals surface area contributed by atoms with Gasteiger partial charge in [0.1, 0.15) is 0 Å². The number of nitrogens with one attached hydrogen (secondary N) is 1. The number of para-hydroxylation sites is 1. The number of amides is 2. The molecule has 7 heteroatoms. The summed E-state index contributed by atoms with van der Waals surface area (Å²) in [5.41, 5.74) is 0. The fraction of sp³-hybridized carbons (Fsp3) is 0.300. The van der Waals surface area contributed by atoms with Gasteiger partial charge in [0.2, 0.25) is 0 Å². The first-order chi connectivity index (χ1) is 12.9. The first-order valence-electron chi connectivity index (χ1n) is 8.88. The maximum absolute atomic E-state index is 12.7. The van der Waals surface area contributed by atoms with E-state index >= 15 is 0 Å². The zero-order valence-electron chi connectivity index (χ0n) is 15.7. The molecule has 2 amide bonds. The van der Waals surface area contributed by atoms with Crippen molar-refractivity contribution < 1.29 is 14.3 Å². The van der Waals surface area contributed by atoms with Crippen LogP contribution in [0.5, 0.6) is 5.75 Å². The molecule has 3 rings (SSSR count). The molecule has 1 heterocycles. The number of hydrogen-bond donors (Lipinski definition) is 1. The maximum atomic E-state index is 12.7. The summed E-state index contributed by atoms with van der Waals surface area (Å²) in [4.78, 5) is 25.1. The Morgan fingerprint density at radius 1 is 1.07 bits per heavy atom. The van der Waals surface area contributed by atoms with Crippen LogP contribution in [0, 0.1) is 0 Å². The predicted molar refractivity (Wildman–Crippen MR) is 110 cm³/mol. The molecule has 2 aromatic rings. The molecule has 0 radical (unpaired) electrons. The number of rotatable bonds is 7. The molecule has 1 saturated heterocycles. The van der Waals surface area contributed by atoms with Gasteiger partial charge < -0.3 is 0 Å². The third-order valence-corrected chi connectivity index (χ3v) is 9.22. The van der Waals surface area contributed by atoms with Crippen LogP contribution in [0.1, 0.15) is 0 Å². The van der Waals surface area contributed by atoms with Gasteiger partial charge in [0, 0.05) is 0 Å². The second kappa shape index (κ2) is 8.29. The van der Waals surface area contributed by atoms with Gasteiger partial charge in [-0.05, 0) is 0 Å². The van der Waals surface area contributed by atoms with E-state index in [0.717, 1.165) is 0 Å². The topological polar surface area (TPSA) is 58.6 Å². The average molecular weight is 447 g/mol. The molecular formula is C20H24N2O3SeSi. The molecule has 0 bridgehead atoms. The molecule has 0 unspecified atom stereocenters. The van der Waals surface area contributed by atoms with Crippen LogP contribution >= 0.6 is 0 Å². The fourth-order valence-electron chi connectivity index (χ4n) is 2.95. The van der Waals surface area contributed by atoms with Crippen LogP contribution in [0.3, 0.4) is 0 Å². The molecule has 1 fully saturated rings. The first kappa shape index (κ1) is 19.7. The molecule has 5 nitrogen and oxygen atoms in total. The Balaban J connectivity index is 1.65. The van der Waals surface area contributed by atoms with Gasteiger partial charge in [0.25, 0.3) is 0 Å². The summed E-state index contributed by atoms with van der Waals surface area (Å²) in [5, 5.41) is 2.89. The molecule has 0 aromatic heterocycles. The van der Waals surface area contributed by atoms with Crippen LogP contribution in [-0.2, 0) is 9.59 Å². The van der Waals surface area contributed by atoms with Crippen molar-refractivity contribution in [3.8, 4) is 5.75 Å². The van der Waals surface area contributed by atoms with Crippen molar-refractivity contribution in [3.63, 3.8) is 0 Å². The van der Waals surface area contributed by atoms with Gasteiger partial charge >= 0.3 is 167 Å². The molecular weight excluding hydrogens is 423 g/mol. The zero-order chi connectivity index (χ0) is 19.4. The van der Waals surface area contributed by atoms with E-state index in [4.69, 9.17) is 4.74 Å². The van der Waals surface area contributed by atoms with Gasteiger partial charge in [-0.25, -0.2) is 0 Å². The van der Waals surface area contributed by atoms with E-state index in [-0.39, 0.29) is 38.3 Å². The van der Waals surface area contributed by atoms with E-state index in [1.54, 1.807) is 12.1 Å². The molecule has 1 N–H and O–H groups in total. The fourth-order valence-corrected chi connectivity index (χ4v) is 9.28. The van der Waals surface area contributed by atoms with Crippen LogP contribution in [-0.4, -0.2) is 57.2 Å². The van der Waals surface area contributed by atoms with Crippen molar-refractivity contribution in [2.75, 3.05) is 6.61 Å². The SMILES string of the molecule is C[Si](C)(C)N1C(=O)[C@@H](NC(=O)COc2ccccc2)[C@H]1[Se]c1ccccc1. The summed E-state index contributed by atoms with van der Waals surface area (Å²) >= 11 is 0.0771. The third kappa shape index (κ3) is 4.80. The minimum absolute atomic E-state index is 0.0324. The van der Waals surface area contributed by atoms with E-state index in [1.807, 2.05) is 41.0 Å². The number of carbonyl (C=O) groups is 2. The summed E-state index contributed by atoms with van der Waals surface area (Å²) in [7, 11) is -1.80. The molecule has 27 heavy (non-hydrogen) atoms. The van der Waals surface area contributed by atoms with Crippen LogP contribution in [0.4, 0.5) is 0 Å². The predicted octanol–water partition coefficient (Wildman–Crippen LogP) is 1.58. The van der Waals surface area contributed by atoms with Gasteiger partial charge in [0.15, 0.2) is 0 Å². The molecule has 1 aliphatic rings. The van der Waals surface area contributed by atoms with Crippen LogP contribution in [0.25, 0.3) is 0 Å². The summed E-state index contributed by atoms with van der Waals surface area (Å²) < 4.78 is 8.76. The van der Waals surface area contributed by atoms with Crippen LogP contribution in [0.2, 0.25) is 19.6 Å². The van der Waals surface area contributed by atoms with Crippen molar-refractivity contribution in [1.82, 2.24) is 9.88 Å². The van der Waals surface area contributed by atoms with Gasteiger partial charge in [-0.3, -0.25) is 0 Å². The van der Waals surface area contributed by atoms with Crippen molar-refractivity contribution in [2.45, 2.75) is 30.6 Å². The summed E-state index contributed by atoms with van der Waals surface area (Å²) in [6.07, 6.45) is 0. The Labute approximate surface area is 167 Å². The molecule has 0 saturated carbocycles. The first-order valence-corrected chi connectivity index (χ1v) is 14.2. The third-order valence-electron chi connectivity index (χ3n) is 4.20. The standard InChI is InChI=1S/C20H24N2O3SeSi/c1-27(2,3)22-19(24)18(20(22)26-16-12-8-5-9-13-16)21-17(23)14-25-15-10-6-4-7-11-15/h4-13,18,20H,14H2,1-3H3,(H,21,23)/t18-,20-/m1/s1. The second-order valence-electron chi connectivity index (χ2n) is 7.35. The minimum atomic E-state index is -1.80. The molecule has 1 aliphatic heterocycles. The van der Waals surface area contributed by atoms with Crippen molar-refractivity contribution >= 4 is 39.5 Å². The number of hydrogen-bond acceptors (Lipinski definition) is 3. The Hall–Kier alpha value is -2.08. The quantitative estimate of drug-likeness (QED) is 0.518. The Morgan fingerprint density at radius 2 is 1.67 bits per heavy atom. The number of benzene rings is 2. The van der Waals surface area contributed by atoms with Crippen LogP contribution < -0.4 is 14.5 Å². The van der Waals surface area contributed by atoms with E-state index < -0.39 is 14.3 Å². The summed E-state index contributed by atoms with van der Waals surface area (Å²) in [5.74, 6) is 0.410. The molecule has 142 valence electrons.